The van der Waals surface area contributed by atoms with E-state index in [-0.39, 0.29) is 0 Å². The van der Waals surface area contributed by atoms with Crippen LogP contribution in [0.4, 0.5) is 17.1 Å². The van der Waals surface area contributed by atoms with Crippen molar-refractivity contribution < 1.29 is 0 Å². The molecule has 0 amide bonds. The van der Waals surface area contributed by atoms with Crippen molar-refractivity contribution >= 4 is 70.1 Å². The molecule has 0 aliphatic carbocycles. The van der Waals surface area contributed by atoms with Gasteiger partial charge in [-0.2, -0.15) is 0 Å². The van der Waals surface area contributed by atoms with Gasteiger partial charge in [0.2, 0.25) is 0 Å². The second kappa shape index (κ2) is 12.7. The first-order valence-electron chi connectivity index (χ1n) is 17.8. The first-order valence-corrected chi connectivity index (χ1v) is 18.6. The highest BCUT2D eigenvalue weighted by atomic mass is 32.1. The normalized spacial score (nSPS) is 11.5. The Kier molecular flexibility index (Phi) is 7.41. The summed E-state index contributed by atoms with van der Waals surface area (Å²) in [4.78, 5) is 2.42. The number of anilines is 3. The Bertz CT molecular complexity index is 2890. The number of fused-ring (bicyclic) bond motifs is 5. The number of rotatable bonds is 6. The van der Waals surface area contributed by atoms with E-state index in [2.05, 4.69) is 205 Å². The van der Waals surface area contributed by atoms with Crippen molar-refractivity contribution in [2.24, 2.45) is 0 Å². The van der Waals surface area contributed by atoms with E-state index in [1.54, 1.807) is 0 Å². The van der Waals surface area contributed by atoms with Gasteiger partial charge < -0.3 is 4.90 Å². The molecule has 10 aromatic rings. The zero-order valence-corrected chi connectivity index (χ0v) is 29.2. The molecule has 0 bridgehead atoms. The predicted octanol–water partition coefficient (Wildman–Crippen LogP) is 14.8. The minimum Gasteiger partial charge on any atom is -0.309 e. The van der Waals surface area contributed by atoms with Crippen LogP contribution in [0.5, 0.6) is 0 Å². The van der Waals surface area contributed by atoms with Gasteiger partial charge in [-0.15, -0.1) is 11.3 Å². The van der Waals surface area contributed by atoms with Crippen LogP contribution in [-0.4, -0.2) is 0 Å². The van der Waals surface area contributed by atoms with Crippen LogP contribution in [0.2, 0.25) is 0 Å². The van der Waals surface area contributed by atoms with Crippen molar-refractivity contribution in [1.29, 1.82) is 0 Å². The number of hydrogen-bond acceptors (Lipinski definition) is 2. The summed E-state index contributed by atoms with van der Waals surface area (Å²) in [6.07, 6.45) is 0. The quantitative estimate of drug-likeness (QED) is 0.169. The molecule has 0 saturated heterocycles. The third-order valence-electron chi connectivity index (χ3n) is 10.3. The maximum absolute atomic E-state index is 2.42. The van der Waals surface area contributed by atoms with Crippen molar-refractivity contribution in [3.05, 3.63) is 200 Å². The lowest BCUT2D eigenvalue weighted by Gasteiger charge is -2.26. The molecule has 0 radical (unpaired) electrons. The van der Waals surface area contributed by atoms with E-state index >= 15 is 0 Å². The molecule has 2 heteroatoms. The van der Waals surface area contributed by atoms with Gasteiger partial charge in [-0.05, 0) is 97.4 Å². The zero-order valence-electron chi connectivity index (χ0n) is 28.4. The molecular weight excluding hydrogens is 647 g/mol. The average Bonchev–Trinajstić information content (AvgIpc) is 3.61. The molecule has 1 heterocycles. The lowest BCUT2D eigenvalue weighted by Crippen LogP contribution is -2.10. The second-order valence-corrected chi connectivity index (χ2v) is 14.4. The molecule has 10 rings (SSSR count). The van der Waals surface area contributed by atoms with Gasteiger partial charge in [0.15, 0.2) is 0 Å². The van der Waals surface area contributed by atoms with E-state index in [0.29, 0.717) is 0 Å². The standard InChI is InChI=1S/C50H33NS/c1-2-13-38(14-3-1)49-43-16-7-6-12-36(43)27-32-44(49)37-25-30-42(31-26-37)51(47-19-10-18-46-45-17-8-9-20-48(45)52-50(46)47)41-28-23-35(24-29-41)40-22-21-34-11-4-5-15-39(34)33-40/h1-33H. The molecular formula is C50H33NS. The highest BCUT2D eigenvalue weighted by molar-refractivity contribution is 7.26. The Balaban J connectivity index is 1.11. The minimum atomic E-state index is 1.12. The van der Waals surface area contributed by atoms with Gasteiger partial charge in [-0.3, -0.25) is 0 Å². The summed E-state index contributed by atoms with van der Waals surface area (Å²) in [6.45, 7) is 0. The van der Waals surface area contributed by atoms with Crippen molar-refractivity contribution in [2.45, 2.75) is 0 Å². The number of nitrogens with zero attached hydrogens (tertiary/aromatic N) is 1. The van der Waals surface area contributed by atoms with Crippen molar-refractivity contribution in [3.8, 4) is 33.4 Å². The monoisotopic (exact) mass is 679 g/mol. The molecule has 0 fully saturated rings. The van der Waals surface area contributed by atoms with E-state index in [1.165, 1.54) is 80.8 Å². The van der Waals surface area contributed by atoms with Crippen LogP contribution in [0.25, 0.3) is 75.1 Å². The Hall–Kier alpha value is -6.48. The van der Waals surface area contributed by atoms with Crippen LogP contribution in [0.3, 0.4) is 0 Å². The summed E-state index contributed by atoms with van der Waals surface area (Å²) in [5.41, 5.74) is 10.8. The Labute approximate surface area is 307 Å². The van der Waals surface area contributed by atoms with Crippen molar-refractivity contribution in [2.75, 3.05) is 4.90 Å². The molecule has 9 aromatic carbocycles. The molecule has 0 N–H and O–H groups in total. The van der Waals surface area contributed by atoms with Crippen LogP contribution in [-0.2, 0) is 0 Å². The topological polar surface area (TPSA) is 3.24 Å². The highest BCUT2D eigenvalue weighted by Gasteiger charge is 2.19. The summed E-state index contributed by atoms with van der Waals surface area (Å²) in [6, 6.07) is 72.9. The molecule has 0 atom stereocenters. The van der Waals surface area contributed by atoms with Crippen LogP contribution in [0.1, 0.15) is 0 Å². The van der Waals surface area contributed by atoms with Crippen LogP contribution >= 0.6 is 11.3 Å². The maximum Gasteiger partial charge on any atom is 0.0640 e. The lowest BCUT2D eigenvalue weighted by atomic mass is 9.90. The third-order valence-corrected chi connectivity index (χ3v) is 11.5. The SMILES string of the molecule is c1ccc(-c2c(-c3ccc(N(c4ccc(-c5ccc6ccccc6c5)cc4)c4cccc5c4sc4ccccc45)cc3)ccc3ccccc23)cc1. The molecule has 0 saturated carbocycles. The van der Waals surface area contributed by atoms with Gasteiger partial charge in [0.25, 0.3) is 0 Å². The van der Waals surface area contributed by atoms with Gasteiger partial charge in [0.1, 0.15) is 0 Å². The molecule has 244 valence electrons. The summed E-state index contributed by atoms with van der Waals surface area (Å²) in [5, 5.41) is 7.61. The largest absolute Gasteiger partial charge is 0.309 e. The van der Waals surface area contributed by atoms with E-state index in [0.717, 1.165) is 11.4 Å². The van der Waals surface area contributed by atoms with E-state index < -0.39 is 0 Å². The number of hydrogen-bond donors (Lipinski definition) is 0. The first kappa shape index (κ1) is 30.4. The van der Waals surface area contributed by atoms with Gasteiger partial charge in [-0.25, -0.2) is 0 Å². The van der Waals surface area contributed by atoms with Gasteiger partial charge in [0.05, 0.1) is 10.4 Å². The summed E-state index contributed by atoms with van der Waals surface area (Å²) < 4.78 is 2.59. The summed E-state index contributed by atoms with van der Waals surface area (Å²) >= 11 is 1.87. The van der Waals surface area contributed by atoms with Gasteiger partial charge in [-0.1, -0.05) is 158 Å². The fourth-order valence-electron chi connectivity index (χ4n) is 7.73. The molecule has 0 aliphatic heterocycles. The Morgan fingerprint density at radius 3 is 1.73 bits per heavy atom. The summed E-state index contributed by atoms with van der Waals surface area (Å²) in [5.74, 6) is 0. The molecule has 1 aromatic heterocycles. The lowest BCUT2D eigenvalue weighted by molar-refractivity contribution is 1.30. The number of thiophene rings is 1. The van der Waals surface area contributed by atoms with E-state index in [1.807, 2.05) is 11.3 Å². The van der Waals surface area contributed by atoms with Crippen LogP contribution < -0.4 is 4.90 Å². The molecule has 0 aliphatic rings. The van der Waals surface area contributed by atoms with Gasteiger partial charge >= 0.3 is 0 Å². The van der Waals surface area contributed by atoms with Crippen molar-refractivity contribution in [3.63, 3.8) is 0 Å². The maximum atomic E-state index is 2.42. The second-order valence-electron chi connectivity index (χ2n) is 13.3. The van der Waals surface area contributed by atoms with E-state index in [4.69, 9.17) is 0 Å². The highest BCUT2D eigenvalue weighted by Crippen LogP contribution is 2.46. The Morgan fingerprint density at radius 2 is 0.942 bits per heavy atom. The fraction of sp³-hybridized carbons (Fsp3) is 0. The molecule has 1 nitrogen and oxygen atoms in total. The zero-order chi connectivity index (χ0) is 34.4. The van der Waals surface area contributed by atoms with Gasteiger partial charge in [0, 0.05) is 26.8 Å². The average molecular weight is 680 g/mol. The fourth-order valence-corrected chi connectivity index (χ4v) is 8.93. The van der Waals surface area contributed by atoms with Crippen LogP contribution in [0.15, 0.2) is 200 Å². The minimum absolute atomic E-state index is 1.12. The third kappa shape index (κ3) is 5.24. The smallest absolute Gasteiger partial charge is 0.0640 e. The van der Waals surface area contributed by atoms with Crippen molar-refractivity contribution in [1.82, 2.24) is 0 Å². The molecule has 52 heavy (non-hydrogen) atoms. The molecule has 0 unspecified atom stereocenters. The van der Waals surface area contributed by atoms with E-state index in [9.17, 15) is 0 Å². The molecule has 0 spiro atoms. The summed E-state index contributed by atoms with van der Waals surface area (Å²) in [7, 11) is 0. The first-order chi connectivity index (χ1) is 25.8. The predicted molar refractivity (Wildman–Crippen MR) is 225 cm³/mol. The number of benzene rings is 9. The Morgan fingerprint density at radius 1 is 0.346 bits per heavy atom. The van der Waals surface area contributed by atoms with Crippen LogP contribution in [0, 0.1) is 0 Å².